The summed E-state index contributed by atoms with van der Waals surface area (Å²) in [6.07, 6.45) is 4.18. The summed E-state index contributed by atoms with van der Waals surface area (Å²) in [5.74, 6) is 0.831. The Labute approximate surface area is 135 Å². The van der Waals surface area contributed by atoms with Crippen molar-refractivity contribution in [3.8, 4) is 0 Å². The van der Waals surface area contributed by atoms with E-state index in [-0.39, 0.29) is 0 Å². The predicted molar refractivity (Wildman–Crippen MR) is 88.2 cm³/mol. The molecule has 1 saturated heterocycles. The Morgan fingerprint density at radius 2 is 2.30 bits per heavy atom. The lowest BCUT2D eigenvalue weighted by atomic mass is 9.95. The van der Waals surface area contributed by atoms with Crippen LogP contribution in [0.1, 0.15) is 44.3 Å². The Hall–Kier alpha value is -0.0900. The molecule has 2 rings (SSSR count). The highest BCUT2D eigenvalue weighted by Crippen LogP contribution is 2.29. The van der Waals surface area contributed by atoms with Gasteiger partial charge in [0.15, 0.2) is 0 Å². The first-order valence-corrected chi connectivity index (χ1v) is 8.62. The first-order valence-electron chi connectivity index (χ1n) is 7.45. The number of aliphatic hydroxyl groups is 1. The molecule has 0 amide bonds. The molecule has 1 aromatic carbocycles. The zero-order valence-corrected chi connectivity index (χ0v) is 14.3. The standard InChI is InChI=1S/C16H23BrClNO/c1-2-12-4-3-8-19(11-12)9-7-16(20)14-6-5-13(17)10-15(14)18/h5-6,10,12,16,20H,2-4,7-9,11H2,1H3. The third-order valence-corrected chi connectivity index (χ3v) is 5.04. The molecular weight excluding hydrogens is 338 g/mol. The molecule has 1 aromatic rings. The maximum absolute atomic E-state index is 10.3. The molecular formula is C16H23BrClNO. The van der Waals surface area contributed by atoms with E-state index >= 15 is 0 Å². The number of rotatable bonds is 5. The summed E-state index contributed by atoms with van der Waals surface area (Å²) in [6.45, 7) is 5.56. The molecule has 1 aliphatic rings. The number of hydrogen-bond acceptors (Lipinski definition) is 2. The fraction of sp³-hybridized carbons (Fsp3) is 0.625. The van der Waals surface area contributed by atoms with Gasteiger partial charge in [-0.25, -0.2) is 0 Å². The topological polar surface area (TPSA) is 23.5 Å². The SMILES string of the molecule is CCC1CCCN(CCC(O)c2ccc(Br)cc2Cl)C1. The Balaban J connectivity index is 1.86. The van der Waals surface area contributed by atoms with Crippen LogP contribution < -0.4 is 0 Å². The first kappa shape index (κ1) is 16.3. The van der Waals surface area contributed by atoms with Gasteiger partial charge in [0.1, 0.15) is 0 Å². The van der Waals surface area contributed by atoms with Gasteiger partial charge in [0.2, 0.25) is 0 Å². The van der Waals surface area contributed by atoms with E-state index in [1.54, 1.807) is 0 Å². The Morgan fingerprint density at radius 3 is 3.00 bits per heavy atom. The Morgan fingerprint density at radius 1 is 1.50 bits per heavy atom. The van der Waals surface area contributed by atoms with Crippen LogP contribution >= 0.6 is 27.5 Å². The van der Waals surface area contributed by atoms with Gasteiger partial charge in [0, 0.05) is 22.6 Å². The third kappa shape index (κ3) is 4.45. The van der Waals surface area contributed by atoms with Crippen molar-refractivity contribution in [3.05, 3.63) is 33.3 Å². The van der Waals surface area contributed by atoms with Gasteiger partial charge in [-0.3, -0.25) is 0 Å². The van der Waals surface area contributed by atoms with E-state index in [0.717, 1.165) is 35.5 Å². The smallest absolute Gasteiger partial charge is 0.0816 e. The maximum atomic E-state index is 10.3. The molecule has 0 saturated carbocycles. The molecule has 0 aromatic heterocycles. The fourth-order valence-corrected chi connectivity index (χ4v) is 3.72. The molecule has 2 atom stereocenters. The van der Waals surface area contributed by atoms with E-state index in [1.165, 1.54) is 25.8 Å². The van der Waals surface area contributed by atoms with E-state index in [0.29, 0.717) is 5.02 Å². The van der Waals surface area contributed by atoms with Crippen molar-refractivity contribution in [2.45, 2.75) is 38.7 Å². The summed E-state index contributed by atoms with van der Waals surface area (Å²) in [5.41, 5.74) is 0.832. The second kappa shape index (κ2) is 7.79. The van der Waals surface area contributed by atoms with Crippen LogP contribution in [0.15, 0.2) is 22.7 Å². The Kier molecular flexibility index (Phi) is 6.34. The quantitative estimate of drug-likeness (QED) is 0.826. The van der Waals surface area contributed by atoms with Gasteiger partial charge >= 0.3 is 0 Å². The summed E-state index contributed by atoms with van der Waals surface area (Å²) in [5, 5.41) is 11.0. The molecule has 0 aliphatic carbocycles. The van der Waals surface area contributed by atoms with Crippen LogP contribution in [0.3, 0.4) is 0 Å². The highest BCUT2D eigenvalue weighted by atomic mass is 79.9. The molecule has 1 N–H and O–H groups in total. The maximum Gasteiger partial charge on any atom is 0.0816 e. The first-order chi connectivity index (χ1) is 9.60. The lowest BCUT2D eigenvalue weighted by Crippen LogP contribution is -2.36. The minimum Gasteiger partial charge on any atom is -0.388 e. The molecule has 4 heteroatoms. The molecule has 1 fully saturated rings. The van der Waals surface area contributed by atoms with Crippen LogP contribution in [0.25, 0.3) is 0 Å². The van der Waals surface area contributed by atoms with Crippen molar-refractivity contribution in [2.75, 3.05) is 19.6 Å². The lowest BCUT2D eigenvalue weighted by molar-refractivity contribution is 0.118. The zero-order valence-electron chi connectivity index (χ0n) is 12.0. The van der Waals surface area contributed by atoms with Gasteiger partial charge in [0.25, 0.3) is 0 Å². The van der Waals surface area contributed by atoms with E-state index in [2.05, 4.69) is 27.8 Å². The van der Waals surface area contributed by atoms with Crippen LogP contribution in [-0.2, 0) is 0 Å². The van der Waals surface area contributed by atoms with E-state index < -0.39 is 6.10 Å². The van der Waals surface area contributed by atoms with Crippen molar-refractivity contribution in [1.29, 1.82) is 0 Å². The summed E-state index contributed by atoms with van der Waals surface area (Å²) in [7, 11) is 0. The number of aliphatic hydroxyl groups excluding tert-OH is 1. The molecule has 0 spiro atoms. The third-order valence-electron chi connectivity index (χ3n) is 4.22. The van der Waals surface area contributed by atoms with Crippen LogP contribution in [0.2, 0.25) is 5.02 Å². The summed E-state index contributed by atoms with van der Waals surface area (Å²) >= 11 is 9.58. The molecule has 0 radical (unpaired) electrons. The molecule has 1 aliphatic heterocycles. The largest absolute Gasteiger partial charge is 0.388 e. The minimum absolute atomic E-state index is 0.474. The van der Waals surface area contributed by atoms with E-state index in [1.807, 2.05) is 18.2 Å². The lowest BCUT2D eigenvalue weighted by Gasteiger charge is -2.32. The molecule has 2 nitrogen and oxygen atoms in total. The predicted octanol–water partition coefficient (Wildman–Crippen LogP) is 4.65. The highest BCUT2D eigenvalue weighted by molar-refractivity contribution is 9.10. The molecule has 0 bridgehead atoms. The average Bonchev–Trinajstić information content (AvgIpc) is 2.45. The number of likely N-dealkylation sites (tertiary alicyclic amines) is 1. The van der Waals surface area contributed by atoms with E-state index in [4.69, 9.17) is 11.6 Å². The second-order valence-corrected chi connectivity index (χ2v) is 7.01. The van der Waals surface area contributed by atoms with Crippen molar-refractivity contribution in [1.82, 2.24) is 4.90 Å². The van der Waals surface area contributed by atoms with Gasteiger partial charge in [-0.15, -0.1) is 0 Å². The fourth-order valence-electron chi connectivity index (χ4n) is 2.92. The van der Waals surface area contributed by atoms with Gasteiger partial charge < -0.3 is 10.0 Å². The molecule has 112 valence electrons. The molecule has 2 unspecified atom stereocenters. The van der Waals surface area contributed by atoms with Crippen LogP contribution in [0.4, 0.5) is 0 Å². The number of piperidine rings is 1. The minimum atomic E-state index is -0.474. The van der Waals surface area contributed by atoms with Crippen molar-refractivity contribution < 1.29 is 5.11 Å². The van der Waals surface area contributed by atoms with E-state index in [9.17, 15) is 5.11 Å². The Bertz CT molecular complexity index is 440. The highest BCUT2D eigenvalue weighted by Gasteiger charge is 2.20. The number of hydrogen-bond donors (Lipinski definition) is 1. The second-order valence-electron chi connectivity index (χ2n) is 5.69. The number of halogens is 2. The van der Waals surface area contributed by atoms with Crippen LogP contribution in [0.5, 0.6) is 0 Å². The van der Waals surface area contributed by atoms with Crippen molar-refractivity contribution in [2.24, 2.45) is 5.92 Å². The average molecular weight is 361 g/mol. The number of nitrogens with zero attached hydrogens (tertiary/aromatic N) is 1. The zero-order chi connectivity index (χ0) is 14.5. The van der Waals surface area contributed by atoms with Gasteiger partial charge in [0.05, 0.1) is 6.10 Å². The van der Waals surface area contributed by atoms with Gasteiger partial charge in [-0.1, -0.05) is 46.9 Å². The van der Waals surface area contributed by atoms with Crippen LogP contribution in [-0.4, -0.2) is 29.6 Å². The summed E-state index contributed by atoms with van der Waals surface area (Å²) in [4.78, 5) is 2.48. The molecule has 20 heavy (non-hydrogen) atoms. The van der Waals surface area contributed by atoms with Crippen molar-refractivity contribution >= 4 is 27.5 Å². The van der Waals surface area contributed by atoms with Crippen molar-refractivity contribution in [3.63, 3.8) is 0 Å². The summed E-state index contributed by atoms with van der Waals surface area (Å²) in [6, 6.07) is 5.68. The van der Waals surface area contributed by atoms with Gasteiger partial charge in [-0.05, 0) is 49.4 Å². The summed E-state index contributed by atoms with van der Waals surface area (Å²) < 4.78 is 0.945. The normalized spacial score (nSPS) is 21.9. The molecule has 1 heterocycles. The number of benzene rings is 1. The monoisotopic (exact) mass is 359 g/mol. The van der Waals surface area contributed by atoms with Crippen LogP contribution in [0, 0.1) is 5.92 Å². The van der Waals surface area contributed by atoms with Gasteiger partial charge in [-0.2, -0.15) is 0 Å².